The van der Waals surface area contributed by atoms with Gasteiger partial charge in [-0.05, 0) is 38.0 Å². The van der Waals surface area contributed by atoms with Crippen molar-refractivity contribution in [2.75, 3.05) is 13.2 Å². The normalized spacial score (nSPS) is 55.3. The molecular weight excluding hydrogens is 298 g/mol. The predicted molar refractivity (Wildman–Crippen MR) is 81.8 cm³/mol. The van der Waals surface area contributed by atoms with Crippen molar-refractivity contribution in [3.63, 3.8) is 0 Å². The summed E-state index contributed by atoms with van der Waals surface area (Å²) in [4.78, 5) is 11.9. The maximum atomic E-state index is 6.26. The molecule has 4 heterocycles. The van der Waals surface area contributed by atoms with E-state index in [1.807, 2.05) is 6.92 Å². The van der Waals surface area contributed by atoms with E-state index in [-0.39, 0.29) is 12.2 Å². The second kappa shape index (κ2) is 5.64. The van der Waals surface area contributed by atoms with E-state index in [9.17, 15) is 0 Å². The molecule has 2 N–H and O–H groups in total. The first-order valence-corrected chi connectivity index (χ1v) is 9.02. The number of hydrogen-bond donors (Lipinski definition) is 1. The highest BCUT2D eigenvalue weighted by Crippen LogP contribution is 2.60. The molecule has 0 aromatic carbocycles. The second-order valence-corrected chi connectivity index (χ2v) is 7.93. The van der Waals surface area contributed by atoms with Crippen LogP contribution >= 0.6 is 0 Å². The third-order valence-electron chi connectivity index (χ3n) is 6.50. The van der Waals surface area contributed by atoms with E-state index in [2.05, 4.69) is 13.8 Å². The maximum Gasteiger partial charge on any atom is 0.201 e. The molecule has 132 valence electrons. The van der Waals surface area contributed by atoms with Gasteiger partial charge in [0.25, 0.3) is 0 Å². The van der Waals surface area contributed by atoms with Crippen LogP contribution in [0.3, 0.4) is 0 Å². The summed E-state index contributed by atoms with van der Waals surface area (Å²) in [5.41, 5.74) is 5.09. The van der Waals surface area contributed by atoms with E-state index in [0.29, 0.717) is 30.9 Å². The molecule has 0 aromatic rings. The lowest BCUT2D eigenvalue weighted by Crippen LogP contribution is -2.70. The summed E-state index contributed by atoms with van der Waals surface area (Å²) >= 11 is 0. The zero-order valence-electron chi connectivity index (χ0n) is 14.3. The summed E-state index contributed by atoms with van der Waals surface area (Å²) in [6.45, 7) is 7.43. The molecule has 6 heteroatoms. The Balaban J connectivity index is 1.70. The molecule has 8 atom stereocenters. The molecule has 6 nitrogen and oxygen atoms in total. The third kappa shape index (κ3) is 2.30. The van der Waals surface area contributed by atoms with Crippen LogP contribution in [0, 0.1) is 23.7 Å². The van der Waals surface area contributed by atoms with Crippen LogP contribution in [0.1, 0.15) is 46.5 Å². The van der Waals surface area contributed by atoms with Crippen LogP contribution in [0.5, 0.6) is 0 Å². The van der Waals surface area contributed by atoms with Gasteiger partial charge in [0, 0.05) is 24.8 Å². The summed E-state index contributed by atoms with van der Waals surface area (Å²) in [6.07, 6.45) is 3.46. The van der Waals surface area contributed by atoms with E-state index < -0.39 is 17.7 Å². The van der Waals surface area contributed by atoms with Gasteiger partial charge in [-0.15, -0.1) is 0 Å². The average molecular weight is 327 g/mol. The van der Waals surface area contributed by atoms with Gasteiger partial charge in [0.05, 0.1) is 6.61 Å². The zero-order chi connectivity index (χ0) is 16.2. The van der Waals surface area contributed by atoms with Crippen LogP contribution in [0.2, 0.25) is 0 Å². The molecule has 8 unspecified atom stereocenters. The summed E-state index contributed by atoms with van der Waals surface area (Å²) in [6, 6.07) is 0. The Morgan fingerprint density at radius 1 is 1.13 bits per heavy atom. The van der Waals surface area contributed by atoms with Gasteiger partial charge >= 0.3 is 0 Å². The van der Waals surface area contributed by atoms with E-state index in [0.717, 1.165) is 19.3 Å². The van der Waals surface area contributed by atoms with Crippen LogP contribution in [0.4, 0.5) is 0 Å². The van der Waals surface area contributed by atoms with Gasteiger partial charge in [-0.1, -0.05) is 13.8 Å². The summed E-state index contributed by atoms with van der Waals surface area (Å²) < 4.78 is 18.4. The molecule has 5 aliphatic rings. The topological polar surface area (TPSA) is 72.2 Å². The van der Waals surface area contributed by atoms with Crippen molar-refractivity contribution in [1.29, 1.82) is 0 Å². The highest BCUT2D eigenvalue weighted by atomic mass is 17.3. The Hall–Kier alpha value is -0.240. The fourth-order valence-corrected chi connectivity index (χ4v) is 5.25. The molecule has 0 radical (unpaired) electrons. The van der Waals surface area contributed by atoms with Crippen LogP contribution in [0.15, 0.2) is 0 Å². The zero-order valence-corrected chi connectivity index (χ0v) is 14.3. The Labute approximate surface area is 137 Å². The standard InChI is InChI=1S/C17H29NO5/c1-10-4-5-13-11(2)14(19-9-8-18)20-15-17(13)12(10)6-7-16(3,21-15)22-23-17/h10-15H,4-9,18H2,1-3H3. The summed E-state index contributed by atoms with van der Waals surface area (Å²) in [5, 5.41) is 0. The lowest BCUT2D eigenvalue weighted by molar-refractivity contribution is -0.577. The minimum Gasteiger partial charge on any atom is -0.351 e. The lowest BCUT2D eigenvalue weighted by atomic mass is 9.58. The molecule has 5 fully saturated rings. The van der Waals surface area contributed by atoms with Crippen molar-refractivity contribution in [3.8, 4) is 0 Å². The quantitative estimate of drug-likeness (QED) is 0.801. The molecule has 5 rings (SSSR count). The highest BCUT2D eigenvalue weighted by Gasteiger charge is 2.69. The number of hydrogen-bond acceptors (Lipinski definition) is 6. The van der Waals surface area contributed by atoms with Gasteiger partial charge in [0.1, 0.15) is 0 Å². The molecule has 4 aliphatic heterocycles. The predicted octanol–water partition coefficient (Wildman–Crippen LogP) is 2.17. The molecule has 2 bridgehead atoms. The van der Waals surface area contributed by atoms with E-state index in [1.54, 1.807) is 0 Å². The van der Waals surface area contributed by atoms with Gasteiger partial charge in [-0.3, -0.25) is 0 Å². The first kappa shape index (κ1) is 16.2. The van der Waals surface area contributed by atoms with Crippen LogP contribution < -0.4 is 5.73 Å². The Kier molecular flexibility index (Phi) is 3.99. The number of fused-ring (bicyclic) bond motifs is 2. The Morgan fingerprint density at radius 3 is 2.74 bits per heavy atom. The third-order valence-corrected chi connectivity index (χ3v) is 6.50. The minimum atomic E-state index is -0.726. The van der Waals surface area contributed by atoms with E-state index in [1.165, 1.54) is 6.42 Å². The maximum absolute atomic E-state index is 6.26. The number of nitrogens with two attached hydrogens (primary N) is 1. The number of rotatable bonds is 3. The van der Waals surface area contributed by atoms with E-state index >= 15 is 0 Å². The van der Waals surface area contributed by atoms with Crippen LogP contribution in [0.25, 0.3) is 0 Å². The van der Waals surface area contributed by atoms with E-state index in [4.69, 9.17) is 29.7 Å². The minimum absolute atomic E-state index is 0.224. The van der Waals surface area contributed by atoms with Crippen molar-refractivity contribution in [2.24, 2.45) is 29.4 Å². The van der Waals surface area contributed by atoms with Gasteiger partial charge < -0.3 is 19.9 Å². The monoisotopic (exact) mass is 327 g/mol. The van der Waals surface area contributed by atoms with Gasteiger partial charge in [-0.25, -0.2) is 9.78 Å². The Morgan fingerprint density at radius 2 is 1.96 bits per heavy atom. The number of ether oxygens (including phenoxy) is 3. The van der Waals surface area contributed by atoms with Crippen molar-refractivity contribution in [3.05, 3.63) is 0 Å². The molecule has 0 aromatic heterocycles. The van der Waals surface area contributed by atoms with Crippen LogP contribution in [-0.2, 0) is 24.0 Å². The lowest BCUT2D eigenvalue weighted by Gasteiger charge is -2.60. The molecule has 1 aliphatic carbocycles. The van der Waals surface area contributed by atoms with Crippen molar-refractivity contribution >= 4 is 0 Å². The SMILES string of the molecule is CC1CCC2C(C)C(OCCN)OC3OC4(C)CCC1C32OO4. The smallest absolute Gasteiger partial charge is 0.201 e. The molecule has 0 amide bonds. The summed E-state index contributed by atoms with van der Waals surface area (Å²) in [7, 11) is 0. The average Bonchev–Trinajstić information content (AvgIpc) is 2.76. The van der Waals surface area contributed by atoms with Crippen molar-refractivity contribution in [2.45, 2.75) is 70.4 Å². The molecule has 4 saturated heterocycles. The fraction of sp³-hybridized carbons (Fsp3) is 1.00. The van der Waals surface area contributed by atoms with Crippen LogP contribution in [-0.4, -0.2) is 37.1 Å². The molecule has 1 spiro atoms. The van der Waals surface area contributed by atoms with Crippen molar-refractivity contribution < 1.29 is 24.0 Å². The van der Waals surface area contributed by atoms with Gasteiger partial charge in [-0.2, -0.15) is 0 Å². The largest absolute Gasteiger partial charge is 0.351 e. The fourth-order valence-electron chi connectivity index (χ4n) is 5.25. The molecular formula is C17H29NO5. The first-order chi connectivity index (χ1) is 11.0. The first-order valence-electron chi connectivity index (χ1n) is 9.02. The van der Waals surface area contributed by atoms with Crippen molar-refractivity contribution in [1.82, 2.24) is 0 Å². The van der Waals surface area contributed by atoms with Gasteiger partial charge in [0.2, 0.25) is 5.79 Å². The second-order valence-electron chi connectivity index (χ2n) is 7.93. The summed E-state index contributed by atoms with van der Waals surface area (Å²) in [5.74, 6) is 0.791. The molecule has 23 heavy (non-hydrogen) atoms. The highest BCUT2D eigenvalue weighted by molar-refractivity contribution is 5.09. The van der Waals surface area contributed by atoms with Gasteiger partial charge in [0.15, 0.2) is 18.2 Å². The molecule has 1 saturated carbocycles. The Bertz CT molecular complexity index is 462.